The molecule has 1 amide bonds. The van der Waals surface area contributed by atoms with Crippen LogP contribution in [-0.4, -0.2) is 23.0 Å². The van der Waals surface area contributed by atoms with E-state index in [4.69, 9.17) is 4.74 Å². The molecular formula is C10H21NO3. The zero-order chi connectivity index (χ0) is 11.6. The molecule has 0 bridgehead atoms. The van der Waals surface area contributed by atoms with E-state index >= 15 is 0 Å². The molecule has 0 saturated heterocycles. The molecule has 1 unspecified atom stereocenters. The van der Waals surface area contributed by atoms with Gasteiger partial charge in [0.15, 0.2) is 0 Å². The first-order valence-electron chi connectivity index (χ1n) is 4.70. The molecule has 0 aliphatic heterocycles. The molecule has 2 N–H and O–H groups in total. The summed E-state index contributed by atoms with van der Waals surface area (Å²) in [5, 5.41) is 11.9. The topological polar surface area (TPSA) is 58.6 Å². The highest BCUT2D eigenvalue weighted by Gasteiger charge is 2.26. The summed E-state index contributed by atoms with van der Waals surface area (Å²) in [6.45, 7) is 10.8. The Hall–Kier alpha value is -0.770. The number of aliphatic hydroxyl groups is 1. The van der Waals surface area contributed by atoms with Crippen molar-refractivity contribution in [2.45, 2.75) is 53.4 Å². The van der Waals surface area contributed by atoms with Gasteiger partial charge < -0.3 is 9.84 Å². The highest BCUT2D eigenvalue weighted by molar-refractivity contribution is 5.67. The van der Waals surface area contributed by atoms with E-state index in [1.165, 1.54) is 0 Å². The third-order valence-electron chi connectivity index (χ3n) is 1.47. The number of carbonyl (C=O) groups is 1. The summed E-state index contributed by atoms with van der Waals surface area (Å²) >= 11 is 0. The summed E-state index contributed by atoms with van der Waals surface area (Å²) in [6, 6.07) is 0. The van der Waals surface area contributed by atoms with Gasteiger partial charge in [0.2, 0.25) is 0 Å². The maximum atomic E-state index is 11.2. The number of amides is 1. The molecule has 0 aliphatic carbocycles. The molecule has 0 aromatic carbocycles. The van der Waals surface area contributed by atoms with Gasteiger partial charge in [0.25, 0.3) is 0 Å². The summed E-state index contributed by atoms with van der Waals surface area (Å²) in [5.74, 6) is 0. The predicted molar refractivity (Wildman–Crippen MR) is 54.8 cm³/mol. The Morgan fingerprint density at radius 2 is 1.64 bits per heavy atom. The summed E-state index contributed by atoms with van der Waals surface area (Å²) in [4.78, 5) is 11.2. The van der Waals surface area contributed by atoms with Crippen molar-refractivity contribution >= 4 is 6.09 Å². The van der Waals surface area contributed by atoms with E-state index in [1.807, 2.05) is 20.8 Å². The van der Waals surface area contributed by atoms with Crippen molar-refractivity contribution in [2.24, 2.45) is 5.41 Å². The number of ether oxygens (including phenoxy) is 1. The quantitative estimate of drug-likeness (QED) is 0.640. The Labute approximate surface area is 85.6 Å². The van der Waals surface area contributed by atoms with Gasteiger partial charge in [-0.2, -0.15) is 0 Å². The van der Waals surface area contributed by atoms with E-state index in [2.05, 4.69) is 5.32 Å². The van der Waals surface area contributed by atoms with E-state index in [-0.39, 0.29) is 0 Å². The van der Waals surface area contributed by atoms with Crippen molar-refractivity contribution in [1.82, 2.24) is 5.32 Å². The molecule has 14 heavy (non-hydrogen) atoms. The first-order chi connectivity index (χ1) is 6.02. The number of aliphatic hydroxyl groups excluding tert-OH is 1. The van der Waals surface area contributed by atoms with Crippen molar-refractivity contribution in [1.29, 1.82) is 0 Å². The molecule has 0 saturated carbocycles. The van der Waals surface area contributed by atoms with Crippen LogP contribution in [0.1, 0.15) is 41.5 Å². The second-order valence-corrected chi connectivity index (χ2v) is 5.41. The van der Waals surface area contributed by atoms with Gasteiger partial charge in [0, 0.05) is 5.41 Å². The number of hydrogen-bond acceptors (Lipinski definition) is 3. The van der Waals surface area contributed by atoms with Crippen molar-refractivity contribution in [2.75, 3.05) is 0 Å². The van der Waals surface area contributed by atoms with Crippen molar-refractivity contribution in [3.8, 4) is 0 Å². The van der Waals surface area contributed by atoms with Gasteiger partial charge in [-0.3, -0.25) is 5.32 Å². The molecule has 0 spiro atoms. The maximum Gasteiger partial charge on any atom is 0.409 e. The van der Waals surface area contributed by atoms with E-state index in [0.717, 1.165) is 0 Å². The van der Waals surface area contributed by atoms with Gasteiger partial charge in [-0.05, 0) is 20.8 Å². The molecule has 0 aromatic rings. The highest BCUT2D eigenvalue weighted by Crippen LogP contribution is 2.17. The van der Waals surface area contributed by atoms with Gasteiger partial charge in [0.05, 0.1) is 0 Å². The molecular weight excluding hydrogens is 182 g/mol. The Kier molecular flexibility index (Phi) is 3.94. The molecule has 0 aliphatic rings. The molecule has 0 fully saturated rings. The van der Waals surface area contributed by atoms with Gasteiger partial charge >= 0.3 is 6.09 Å². The van der Waals surface area contributed by atoms with Crippen molar-refractivity contribution in [3.05, 3.63) is 0 Å². The van der Waals surface area contributed by atoms with Crippen LogP contribution >= 0.6 is 0 Å². The van der Waals surface area contributed by atoms with E-state index in [1.54, 1.807) is 20.8 Å². The van der Waals surface area contributed by atoms with Gasteiger partial charge in [-0.15, -0.1) is 0 Å². The van der Waals surface area contributed by atoms with Crippen LogP contribution in [0.15, 0.2) is 0 Å². The second-order valence-electron chi connectivity index (χ2n) is 5.41. The molecule has 1 atom stereocenters. The highest BCUT2D eigenvalue weighted by atomic mass is 16.6. The third kappa shape index (κ3) is 5.80. The van der Waals surface area contributed by atoms with E-state index < -0.39 is 23.3 Å². The van der Waals surface area contributed by atoms with Gasteiger partial charge in [-0.1, -0.05) is 20.8 Å². The Bertz CT molecular complexity index is 200. The molecule has 0 aromatic heterocycles. The number of hydrogen-bond donors (Lipinski definition) is 2. The van der Waals surface area contributed by atoms with E-state index in [0.29, 0.717) is 0 Å². The zero-order valence-corrected chi connectivity index (χ0v) is 9.84. The fourth-order valence-electron chi connectivity index (χ4n) is 0.636. The smallest absolute Gasteiger partial charge is 0.409 e. The second kappa shape index (κ2) is 4.17. The van der Waals surface area contributed by atoms with Crippen molar-refractivity contribution < 1.29 is 14.6 Å². The summed E-state index contributed by atoms with van der Waals surface area (Å²) < 4.78 is 4.99. The summed E-state index contributed by atoms with van der Waals surface area (Å²) in [5.41, 5.74) is -0.932. The fraction of sp³-hybridized carbons (Fsp3) is 0.900. The average Bonchev–Trinajstić information content (AvgIpc) is 1.79. The lowest BCUT2D eigenvalue weighted by atomic mass is 9.94. The Balaban J connectivity index is 4.09. The molecule has 84 valence electrons. The van der Waals surface area contributed by atoms with Crippen LogP contribution in [0.5, 0.6) is 0 Å². The predicted octanol–water partition coefficient (Wildman–Crippen LogP) is 1.88. The normalized spacial score (nSPS) is 14.8. The maximum absolute atomic E-state index is 11.2. The number of rotatable bonds is 1. The summed E-state index contributed by atoms with van der Waals surface area (Å²) in [7, 11) is 0. The standard InChI is InChI=1S/C10H21NO3/c1-9(2,3)7(12)11-8(13)14-10(4,5)6/h7,12H,1-6H3,(H,11,13). The van der Waals surface area contributed by atoms with Crippen LogP contribution in [0.4, 0.5) is 4.79 Å². The van der Waals surface area contributed by atoms with Crippen LogP contribution in [0.25, 0.3) is 0 Å². The first kappa shape index (κ1) is 13.2. The van der Waals surface area contributed by atoms with Crippen LogP contribution in [0.2, 0.25) is 0 Å². The van der Waals surface area contributed by atoms with Crippen LogP contribution in [0, 0.1) is 5.41 Å². The molecule has 0 heterocycles. The average molecular weight is 203 g/mol. The number of carbonyl (C=O) groups excluding carboxylic acids is 1. The minimum absolute atomic E-state index is 0.392. The zero-order valence-electron chi connectivity index (χ0n) is 9.84. The SMILES string of the molecule is CC(C)(C)OC(=O)NC(O)C(C)(C)C. The lowest BCUT2D eigenvalue weighted by molar-refractivity contribution is 0.00494. The fourth-order valence-corrected chi connectivity index (χ4v) is 0.636. The van der Waals surface area contributed by atoms with Crippen LogP contribution in [0.3, 0.4) is 0 Å². The molecule has 0 rings (SSSR count). The van der Waals surface area contributed by atoms with Crippen LogP contribution in [-0.2, 0) is 4.74 Å². The lowest BCUT2D eigenvalue weighted by Crippen LogP contribution is -2.45. The number of alkyl carbamates (subject to hydrolysis) is 1. The van der Waals surface area contributed by atoms with Gasteiger partial charge in [-0.25, -0.2) is 4.79 Å². The number of nitrogens with one attached hydrogen (secondary N) is 1. The van der Waals surface area contributed by atoms with Gasteiger partial charge in [0.1, 0.15) is 11.8 Å². The summed E-state index contributed by atoms with van der Waals surface area (Å²) in [6.07, 6.45) is -1.50. The minimum atomic E-state index is -0.905. The largest absolute Gasteiger partial charge is 0.444 e. The van der Waals surface area contributed by atoms with Crippen molar-refractivity contribution in [3.63, 3.8) is 0 Å². The molecule has 0 radical (unpaired) electrons. The lowest BCUT2D eigenvalue weighted by Gasteiger charge is -2.28. The first-order valence-corrected chi connectivity index (χ1v) is 4.70. The Morgan fingerprint density at radius 3 is 1.93 bits per heavy atom. The monoisotopic (exact) mass is 203 g/mol. The van der Waals surface area contributed by atoms with Crippen LogP contribution < -0.4 is 5.32 Å². The minimum Gasteiger partial charge on any atom is -0.444 e. The molecule has 4 nitrogen and oxygen atoms in total. The van der Waals surface area contributed by atoms with E-state index in [9.17, 15) is 9.90 Å². The molecule has 4 heteroatoms. The Morgan fingerprint density at radius 1 is 1.21 bits per heavy atom. The third-order valence-corrected chi connectivity index (χ3v) is 1.47.